The number of hydrogen-bond donors (Lipinski definition) is 1. The topological polar surface area (TPSA) is 50.7 Å². The standard InChI is InChI=1S/C22H19FN2O2/c1-2-21(25-27-22(26)24-18-8-4-3-5-9-18)17-14-12-16(13-15-17)19-10-6-7-11-20(19)23/h3-15H,2H2,1H3,(H,24,26)/b25-21+. The number of para-hydroxylation sites is 1. The van der Waals surface area contributed by atoms with Crippen LogP contribution in [0, 0.1) is 5.82 Å². The van der Waals surface area contributed by atoms with Crippen molar-refractivity contribution in [1.82, 2.24) is 0 Å². The molecule has 3 aromatic carbocycles. The Bertz CT molecular complexity index is 938. The molecule has 0 radical (unpaired) electrons. The second-order valence-electron chi connectivity index (χ2n) is 5.82. The highest BCUT2D eigenvalue weighted by Gasteiger charge is 2.08. The third-order valence-electron chi connectivity index (χ3n) is 4.00. The van der Waals surface area contributed by atoms with E-state index in [4.69, 9.17) is 4.84 Å². The Hall–Kier alpha value is -3.47. The van der Waals surface area contributed by atoms with E-state index in [-0.39, 0.29) is 5.82 Å². The molecule has 0 aliphatic carbocycles. The van der Waals surface area contributed by atoms with E-state index >= 15 is 0 Å². The summed E-state index contributed by atoms with van der Waals surface area (Å²) in [6.07, 6.45) is -0.0763. The van der Waals surface area contributed by atoms with E-state index < -0.39 is 6.09 Å². The molecule has 4 nitrogen and oxygen atoms in total. The molecule has 1 N–H and O–H groups in total. The SMILES string of the molecule is CC/C(=N\OC(=O)Nc1ccccc1)c1ccc(-c2ccccc2F)cc1. The Kier molecular flexibility index (Phi) is 5.94. The van der Waals surface area contributed by atoms with Crippen LogP contribution in [0.5, 0.6) is 0 Å². The maximum atomic E-state index is 13.9. The Labute approximate surface area is 157 Å². The lowest BCUT2D eigenvalue weighted by atomic mass is 10.0. The van der Waals surface area contributed by atoms with Crippen LogP contribution < -0.4 is 5.32 Å². The molecule has 0 bridgehead atoms. The highest BCUT2D eigenvalue weighted by atomic mass is 19.1. The summed E-state index contributed by atoms with van der Waals surface area (Å²) in [5.74, 6) is -0.268. The minimum atomic E-state index is -0.657. The number of carbonyl (C=O) groups is 1. The van der Waals surface area contributed by atoms with Crippen molar-refractivity contribution in [3.8, 4) is 11.1 Å². The summed E-state index contributed by atoms with van der Waals surface area (Å²) in [6, 6.07) is 22.9. The average molecular weight is 362 g/mol. The van der Waals surface area contributed by atoms with Gasteiger partial charge in [-0.05, 0) is 35.7 Å². The van der Waals surface area contributed by atoms with E-state index in [2.05, 4.69) is 10.5 Å². The molecule has 3 aromatic rings. The molecule has 0 fully saturated rings. The fourth-order valence-electron chi connectivity index (χ4n) is 2.62. The number of rotatable bonds is 5. The van der Waals surface area contributed by atoms with Gasteiger partial charge >= 0.3 is 6.09 Å². The van der Waals surface area contributed by atoms with Gasteiger partial charge in [-0.15, -0.1) is 0 Å². The Morgan fingerprint density at radius 1 is 0.963 bits per heavy atom. The molecule has 0 atom stereocenters. The minimum absolute atomic E-state index is 0.268. The van der Waals surface area contributed by atoms with Crippen molar-refractivity contribution in [3.63, 3.8) is 0 Å². The van der Waals surface area contributed by atoms with E-state index in [9.17, 15) is 9.18 Å². The molecule has 0 saturated heterocycles. The summed E-state index contributed by atoms with van der Waals surface area (Å²) in [5.41, 5.74) is 3.38. The van der Waals surface area contributed by atoms with Crippen molar-refractivity contribution in [2.24, 2.45) is 5.16 Å². The van der Waals surface area contributed by atoms with Gasteiger partial charge in [0, 0.05) is 11.3 Å². The number of nitrogens with zero attached hydrogens (tertiary/aromatic N) is 1. The first-order valence-electron chi connectivity index (χ1n) is 8.62. The zero-order chi connectivity index (χ0) is 19.1. The molecule has 0 aromatic heterocycles. The third-order valence-corrected chi connectivity index (χ3v) is 4.00. The molecule has 3 rings (SSSR count). The number of carbonyl (C=O) groups excluding carboxylic acids is 1. The molecule has 0 aliphatic heterocycles. The first-order valence-corrected chi connectivity index (χ1v) is 8.62. The predicted octanol–water partition coefficient (Wildman–Crippen LogP) is 5.86. The molecular formula is C22H19FN2O2. The maximum Gasteiger partial charge on any atom is 0.437 e. The lowest BCUT2D eigenvalue weighted by Crippen LogP contribution is -2.12. The molecule has 0 heterocycles. The van der Waals surface area contributed by atoms with Gasteiger partial charge in [-0.3, -0.25) is 10.2 Å². The van der Waals surface area contributed by atoms with Crippen molar-refractivity contribution >= 4 is 17.5 Å². The number of amides is 1. The van der Waals surface area contributed by atoms with Crippen LogP contribution in [0.4, 0.5) is 14.9 Å². The number of hydrogen-bond acceptors (Lipinski definition) is 3. The molecule has 136 valence electrons. The van der Waals surface area contributed by atoms with Crippen molar-refractivity contribution in [2.75, 3.05) is 5.32 Å². The van der Waals surface area contributed by atoms with E-state index in [0.29, 0.717) is 23.4 Å². The summed E-state index contributed by atoms with van der Waals surface area (Å²) in [4.78, 5) is 16.8. The molecule has 5 heteroatoms. The van der Waals surface area contributed by atoms with Crippen LogP contribution in [0.25, 0.3) is 11.1 Å². The second-order valence-corrected chi connectivity index (χ2v) is 5.82. The lowest BCUT2D eigenvalue weighted by molar-refractivity contribution is 0.166. The van der Waals surface area contributed by atoms with Gasteiger partial charge in [-0.1, -0.05) is 72.7 Å². The number of halogens is 1. The zero-order valence-electron chi connectivity index (χ0n) is 14.9. The van der Waals surface area contributed by atoms with Crippen molar-refractivity contribution in [2.45, 2.75) is 13.3 Å². The van der Waals surface area contributed by atoms with Crippen molar-refractivity contribution < 1.29 is 14.0 Å². The van der Waals surface area contributed by atoms with Crippen LogP contribution >= 0.6 is 0 Å². The van der Waals surface area contributed by atoms with Gasteiger partial charge in [0.25, 0.3) is 0 Å². The van der Waals surface area contributed by atoms with Crippen LogP contribution in [0.1, 0.15) is 18.9 Å². The van der Waals surface area contributed by atoms with Crippen molar-refractivity contribution in [1.29, 1.82) is 0 Å². The minimum Gasteiger partial charge on any atom is -0.297 e. The number of oxime groups is 1. The van der Waals surface area contributed by atoms with Crippen molar-refractivity contribution in [3.05, 3.63) is 90.2 Å². The first kappa shape index (κ1) is 18.3. The van der Waals surface area contributed by atoms with Crippen LogP contribution in [-0.4, -0.2) is 11.8 Å². The predicted molar refractivity (Wildman–Crippen MR) is 105 cm³/mol. The maximum absolute atomic E-state index is 13.9. The van der Waals surface area contributed by atoms with Gasteiger partial charge in [-0.2, -0.15) is 0 Å². The largest absolute Gasteiger partial charge is 0.437 e. The Balaban J connectivity index is 1.70. The molecule has 0 spiro atoms. The van der Waals surface area contributed by atoms with Gasteiger partial charge in [0.15, 0.2) is 0 Å². The highest BCUT2D eigenvalue weighted by Crippen LogP contribution is 2.23. The fourth-order valence-corrected chi connectivity index (χ4v) is 2.62. The summed E-state index contributed by atoms with van der Waals surface area (Å²) in [7, 11) is 0. The van der Waals surface area contributed by atoms with E-state index in [1.807, 2.05) is 49.4 Å². The molecule has 27 heavy (non-hydrogen) atoms. The number of benzene rings is 3. The van der Waals surface area contributed by atoms with E-state index in [1.165, 1.54) is 6.07 Å². The second kappa shape index (κ2) is 8.76. The van der Waals surface area contributed by atoms with Gasteiger partial charge in [0.05, 0.1) is 5.71 Å². The summed E-state index contributed by atoms with van der Waals surface area (Å²) < 4.78 is 13.9. The normalized spacial score (nSPS) is 11.1. The zero-order valence-corrected chi connectivity index (χ0v) is 14.9. The molecule has 1 amide bonds. The average Bonchev–Trinajstić information content (AvgIpc) is 2.70. The lowest BCUT2D eigenvalue weighted by Gasteiger charge is -2.07. The van der Waals surface area contributed by atoms with Crippen LogP contribution in [-0.2, 0) is 4.84 Å². The molecule has 0 unspecified atom stereocenters. The van der Waals surface area contributed by atoms with Gasteiger partial charge in [0.1, 0.15) is 5.82 Å². The van der Waals surface area contributed by atoms with Crippen LogP contribution in [0.2, 0.25) is 0 Å². The third kappa shape index (κ3) is 4.79. The summed E-state index contributed by atoms with van der Waals surface area (Å²) >= 11 is 0. The van der Waals surface area contributed by atoms with Crippen LogP contribution in [0.3, 0.4) is 0 Å². The quantitative estimate of drug-likeness (QED) is 0.351. The van der Waals surface area contributed by atoms with Gasteiger partial charge < -0.3 is 0 Å². The first-order chi connectivity index (χ1) is 13.2. The van der Waals surface area contributed by atoms with Gasteiger partial charge in [0.2, 0.25) is 0 Å². The summed E-state index contributed by atoms with van der Waals surface area (Å²) in [5, 5.41) is 6.56. The summed E-state index contributed by atoms with van der Waals surface area (Å²) in [6.45, 7) is 1.92. The highest BCUT2D eigenvalue weighted by molar-refractivity contribution is 6.00. The number of nitrogens with one attached hydrogen (secondary N) is 1. The Morgan fingerprint density at radius 3 is 2.30 bits per heavy atom. The van der Waals surface area contributed by atoms with E-state index in [1.54, 1.807) is 30.3 Å². The van der Waals surface area contributed by atoms with Crippen LogP contribution in [0.15, 0.2) is 84.0 Å². The fraction of sp³-hybridized carbons (Fsp3) is 0.0909. The molecule has 0 aliphatic rings. The monoisotopic (exact) mass is 362 g/mol. The molecular weight excluding hydrogens is 343 g/mol. The smallest absolute Gasteiger partial charge is 0.297 e. The number of anilines is 1. The Morgan fingerprint density at radius 2 is 1.63 bits per heavy atom. The molecule has 0 saturated carbocycles. The van der Waals surface area contributed by atoms with E-state index in [0.717, 1.165) is 11.1 Å². The van der Waals surface area contributed by atoms with Gasteiger partial charge in [-0.25, -0.2) is 9.18 Å².